The van der Waals surface area contributed by atoms with Crippen LogP contribution in [0.1, 0.15) is 42.4 Å². The van der Waals surface area contributed by atoms with Gasteiger partial charge in [-0.25, -0.2) is 9.29 Å². The first kappa shape index (κ1) is 29.9. The summed E-state index contributed by atoms with van der Waals surface area (Å²) < 4.78 is 14.9. The third kappa shape index (κ3) is 4.19. The van der Waals surface area contributed by atoms with Crippen LogP contribution >= 0.6 is 27.5 Å². The van der Waals surface area contributed by atoms with Gasteiger partial charge in [0.15, 0.2) is 0 Å². The smallest absolute Gasteiger partial charge is 0.241 e. The van der Waals surface area contributed by atoms with E-state index < -0.39 is 52.6 Å². The van der Waals surface area contributed by atoms with Gasteiger partial charge in [-0.15, -0.1) is 0 Å². The standard InChI is InChI=1S/C35H29BrClFN2O5/c1-16-12-18(13-17(2)30(16)41)29-22-9-10-23-28(33(44)39(31(23)42)20-6-4-19(36)5-7-20)24(22)15-25-32(43)40(34(45)35(25,29)3)21-8-11-27(38)26(37)14-21/h4-9,11-14,23-25,28-29,41H,10,15H2,1-3H3. The Morgan fingerprint density at radius 1 is 0.889 bits per heavy atom. The van der Waals surface area contributed by atoms with Crippen LogP contribution in [0.2, 0.25) is 5.02 Å². The second kappa shape index (κ2) is 10.4. The van der Waals surface area contributed by atoms with Crippen molar-refractivity contribution in [3.05, 3.63) is 98.2 Å². The molecule has 6 atom stereocenters. The van der Waals surface area contributed by atoms with Gasteiger partial charge in [0.1, 0.15) is 11.6 Å². The van der Waals surface area contributed by atoms with E-state index in [0.29, 0.717) is 23.2 Å². The van der Waals surface area contributed by atoms with Gasteiger partial charge in [-0.2, -0.15) is 0 Å². The average Bonchev–Trinajstić information content (AvgIpc) is 3.37. The lowest BCUT2D eigenvalue weighted by molar-refractivity contribution is -0.131. The Balaban J connectivity index is 1.38. The minimum Gasteiger partial charge on any atom is -0.507 e. The molecule has 1 N–H and O–H groups in total. The topological polar surface area (TPSA) is 95.0 Å². The van der Waals surface area contributed by atoms with Crippen molar-refractivity contribution < 1.29 is 28.7 Å². The predicted octanol–water partition coefficient (Wildman–Crippen LogP) is 7.00. The van der Waals surface area contributed by atoms with Crippen LogP contribution < -0.4 is 9.80 Å². The van der Waals surface area contributed by atoms with E-state index in [-0.39, 0.29) is 34.7 Å². The van der Waals surface area contributed by atoms with Gasteiger partial charge in [0.2, 0.25) is 23.6 Å². The molecule has 0 aromatic heterocycles. The van der Waals surface area contributed by atoms with Crippen LogP contribution in [0.15, 0.2) is 70.7 Å². The number of rotatable bonds is 3. The second-order valence-electron chi connectivity index (χ2n) is 12.8. The molecule has 0 spiro atoms. The molecule has 3 aromatic carbocycles. The summed E-state index contributed by atoms with van der Waals surface area (Å²) in [6, 6.07) is 14.4. The van der Waals surface area contributed by atoms with Crippen molar-refractivity contribution in [1.29, 1.82) is 0 Å². The predicted molar refractivity (Wildman–Crippen MR) is 170 cm³/mol. The fraction of sp³-hybridized carbons (Fsp3) is 0.314. The largest absolute Gasteiger partial charge is 0.507 e. The zero-order valence-corrected chi connectivity index (χ0v) is 27.0. The number of aromatic hydroxyl groups is 1. The molecule has 1 saturated carbocycles. The van der Waals surface area contributed by atoms with Crippen molar-refractivity contribution in [3.8, 4) is 5.75 Å². The monoisotopic (exact) mass is 690 g/mol. The maximum Gasteiger partial charge on any atom is 0.241 e. The van der Waals surface area contributed by atoms with Gasteiger partial charge >= 0.3 is 0 Å². The lowest BCUT2D eigenvalue weighted by atomic mass is 9.51. The Morgan fingerprint density at radius 2 is 1.53 bits per heavy atom. The number of hydrogen-bond acceptors (Lipinski definition) is 5. The summed E-state index contributed by atoms with van der Waals surface area (Å²) in [6.07, 6.45) is 2.50. The van der Waals surface area contributed by atoms with Gasteiger partial charge in [0.25, 0.3) is 0 Å². The molecule has 2 aliphatic carbocycles. The minimum atomic E-state index is -1.26. The normalized spacial score (nSPS) is 29.1. The van der Waals surface area contributed by atoms with Crippen molar-refractivity contribution in [2.75, 3.05) is 9.80 Å². The van der Waals surface area contributed by atoms with E-state index in [4.69, 9.17) is 11.6 Å². The number of halogens is 3. The highest BCUT2D eigenvalue weighted by Crippen LogP contribution is 2.64. The molecule has 2 heterocycles. The molecule has 7 rings (SSSR count). The lowest BCUT2D eigenvalue weighted by Crippen LogP contribution is -2.49. The van der Waals surface area contributed by atoms with Crippen molar-refractivity contribution in [2.45, 2.75) is 39.5 Å². The average molecular weight is 692 g/mol. The van der Waals surface area contributed by atoms with E-state index in [1.165, 1.54) is 17.0 Å². The molecule has 4 aliphatic rings. The van der Waals surface area contributed by atoms with E-state index >= 15 is 0 Å². The molecule has 45 heavy (non-hydrogen) atoms. The Kier molecular flexibility index (Phi) is 6.87. The number of phenols is 1. The van der Waals surface area contributed by atoms with Crippen LogP contribution in [0, 0.1) is 48.8 Å². The number of allylic oxidation sites excluding steroid dienone is 2. The summed E-state index contributed by atoms with van der Waals surface area (Å²) in [7, 11) is 0. The van der Waals surface area contributed by atoms with Gasteiger partial charge in [-0.05, 0) is 98.7 Å². The van der Waals surface area contributed by atoms with E-state index in [2.05, 4.69) is 15.9 Å². The maximum absolute atomic E-state index is 14.5. The Morgan fingerprint density at radius 3 is 2.18 bits per heavy atom. The number of carbonyl (C=O) groups is 4. The molecule has 2 aliphatic heterocycles. The SMILES string of the molecule is Cc1cc(C2C3=CCC4C(=O)N(c5ccc(Br)cc5)C(=O)C4C3CC3C(=O)N(c4ccc(F)c(Cl)c4)C(=O)C32C)cc(C)c1O. The highest BCUT2D eigenvalue weighted by molar-refractivity contribution is 9.10. The summed E-state index contributed by atoms with van der Waals surface area (Å²) in [5.74, 6) is -5.26. The molecule has 4 amide bonds. The number of aryl methyl sites for hydroxylation is 2. The van der Waals surface area contributed by atoms with Gasteiger partial charge in [0, 0.05) is 10.4 Å². The number of fused-ring (bicyclic) bond motifs is 4. The molecule has 230 valence electrons. The summed E-state index contributed by atoms with van der Waals surface area (Å²) >= 11 is 9.48. The van der Waals surface area contributed by atoms with Gasteiger partial charge < -0.3 is 5.11 Å². The number of benzene rings is 3. The molecule has 3 fully saturated rings. The molecular formula is C35H29BrClFN2O5. The van der Waals surface area contributed by atoms with Crippen molar-refractivity contribution in [2.24, 2.45) is 29.1 Å². The molecule has 7 nitrogen and oxygen atoms in total. The number of nitrogens with zero attached hydrogens (tertiary/aromatic N) is 2. The van der Waals surface area contributed by atoms with Crippen LogP contribution in [0.4, 0.5) is 15.8 Å². The summed E-state index contributed by atoms with van der Waals surface area (Å²) in [4.78, 5) is 59.1. The van der Waals surface area contributed by atoms with Crippen molar-refractivity contribution in [3.63, 3.8) is 0 Å². The maximum atomic E-state index is 14.5. The number of imide groups is 2. The summed E-state index contributed by atoms with van der Waals surface area (Å²) in [5, 5.41) is 10.4. The Bertz CT molecular complexity index is 1850. The van der Waals surface area contributed by atoms with E-state index in [1.54, 1.807) is 45.0 Å². The fourth-order valence-electron chi connectivity index (χ4n) is 8.27. The van der Waals surface area contributed by atoms with Crippen LogP contribution in [0.3, 0.4) is 0 Å². The number of hydrogen-bond donors (Lipinski definition) is 1. The zero-order chi connectivity index (χ0) is 32.1. The van der Waals surface area contributed by atoms with Crippen LogP contribution in [-0.4, -0.2) is 28.7 Å². The molecule has 2 saturated heterocycles. The number of phenolic OH excluding ortho intramolecular Hbond substituents is 1. The molecule has 0 radical (unpaired) electrons. The number of anilines is 2. The van der Waals surface area contributed by atoms with Crippen molar-refractivity contribution >= 4 is 62.5 Å². The van der Waals surface area contributed by atoms with Gasteiger partial charge in [-0.3, -0.25) is 24.1 Å². The first-order valence-corrected chi connectivity index (χ1v) is 16.0. The quantitative estimate of drug-likeness (QED) is 0.236. The molecular weight excluding hydrogens is 663 g/mol. The third-order valence-electron chi connectivity index (χ3n) is 10.4. The summed E-state index contributed by atoms with van der Waals surface area (Å²) in [6.45, 7) is 5.34. The fourth-order valence-corrected chi connectivity index (χ4v) is 8.71. The lowest BCUT2D eigenvalue weighted by Gasteiger charge is -2.49. The minimum absolute atomic E-state index is 0.142. The van der Waals surface area contributed by atoms with Crippen LogP contribution in [0.5, 0.6) is 5.75 Å². The zero-order valence-electron chi connectivity index (χ0n) is 24.7. The Hall–Kier alpha value is -3.82. The van der Waals surface area contributed by atoms with E-state index in [9.17, 15) is 28.7 Å². The highest BCUT2D eigenvalue weighted by atomic mass is 79.9. The highest BCUT2D eigenvalue weighted by Gasteiger charge is 2.67. The number of carbonyl (C=O) groups excluding carboxylic acids is 4. The first-order valence-electron chi connectivity index (χ1n) is 14.8. The third-order valence-corrected chi connectivity index (χ3v) is 11.2. The molecule has 0 bridgehead atoms. The second-order valence-corrected chi connectivity index (χ2v) is 14.1. The van der Waals surface area contributed by atoms with Gasteiger partial charge in [0.05, 0.1) is 39.6 Å². The number of amides is 4. The van der Waals surface area contributed by atoms with Crippen molar-refractivity contribution in [1.82, 2.24) is 0 Å². The van der Waals surface area contributed by atoms with Gasteiger partial charge in [-0.1, -0.05) is 51.3 Å². The van der Waals surface area contributed by atoms with Crippen LogP contribution in [0.25, 0.3) is 0 Å². The van der Waals surface area contributed by atoms with Crippen LogP contribution in [-0.2, 0) is 19.2 Å². The molecule has 3 aromatic rings. The molecule has 6 unspecified atom stereocenters. The van der Waals surface area contributed by atoms with E-state index in [1.807, 2.05) is 18.2 Å². The Labute approximate surface area is 272 Å². The van der Waals surface area contributed by atoms with E-state index in [0.717, 1.165) is 26.6 Å². The first-order chi connectivity index (χ1) is 21.3. The molecule has 10 heteroatoms. The summed E-state index contributed by atoms with van der Waals surface area (Å²) in [5.41, 5.74) is 2.22.